The van der Waals surface area contributed by atoms with Crippen LogP contribution in [-0.4, -0.2) is 13.0 Å². The van der Waals surface area contributed by atoms with Gasteiger partial charge in [0.15, 0.2) is 4.91 Å². The molecular formula is C19H12Cl2N2O2S. The number of aromatic nitrogens is 1. The van der Waals surface area contributed by atoms with Crippen LogP contribution in [0.5, 0.6) is 0 Å². The van der Waals surface area contributed by atoms with Gasteiger partial charge in [-0.3, -0.25) is 0 Å². The molecule has 1 aromatic heterocycles. The number of rotatable bonds is 4. The molecule has 26 heavy (non-hydrogen) atoms. The van der Waals surface area contributed by atoms with Crippen molar-refractivity contribution in [3.05, 3.63) is 87.5 Å². The molecule has 0 aliphatic heterocycles. The largest absolute Gasteiger partial charge is 0.317 e. The summed E-state index contributed by atoms with van der Waals surface area (Å²) >= 11 is 12.1. The maximum Gasteiger partial charge on any atom is 0.216 e. The lowest BCUT2D eigenvalue weighted by Crippen LogP contribution is -2.04. The summed E-state index contributed by atoms with van der Waals surface area (Å²) in [5.41, 5.74) is 1.17. The molecular weight excluding hydrogens is 391 g/mol. The topological polar surface area (TPSA) is 62.9 Å². The van der Waals surface area contributed by atoms with E-state index >= 15 is 0 Å². The molecule has 1 heterocycles. The number of hydrogen-bond donors (Lipinski definition) is 0. The molecule has 0 atom stereocenters. The molecule has 3 rings (SSSR count). The third-order valence-corrected chi connectivity index (χ3v) is 5.76. The maximum atomic E-state index is 12.7. The van der Waals surface area contributed by atoms with Gasteiger partial charge >= 0.3 is 0 Å². The Hall–Kier alpha value is -2.52. The molecule has 2 aromatic carbocycles. The van der Waals surface area contributed by atoms with Gasteiger partial charge in [0.1, 0.15) is 6.07 Å². The Bertz CT molecular complexity index is 1110. The molecule has 0 bridgehead atoms. The summed E-state index contributed by atoms with van der Waals surface area (Å²) in [6.07, 6.45) is 3.06. The molecule has 0 fully saturated rings. The Kier molecular flexibility index (Phi) is 5.19. The fourth-order valence-corrected chi connectivity index (χ4v) is 4.14. The van der Waals surface area contributed by atoms with E-state index in [4.69, 9.17) is 23.2 Å². The number of sulfone groups is 1. The number of benzene rings is 2. The second kappa shape index (κ2) is 7.38. The zero-order valence-corrected chi connectivity index (χ0v) is 15.6. The molecule has 0 amide bonds. The van der Waals surface area contributed by atoms with E-state index in [0.29, 0.717) is 21.4 Å². The highest BCUT2D eigenvalue weighted by molar-refractivity contribution is 7.95. The van der Waals surface area contributed by atoms with E-state index in [1.54, 1.807) is 65.4 Å². The van der Waals surface area contributed by atoms with Gasteiger partial charge in [-0.05, 0) is 48.5 Å². The molecule has 4 nitrogen and oxygen atoms in total. The summed E-state index contributed by atoms with van der Waals surface area (Å²) in [4.78, 5) is -0.284. The minimum Gasteiger partial charge on any atom is -0.317 e. The van der Waals surface area contributed by atoms with Crippen molar-refractivity contribution in [1.29, 1.82) is 5.26 Å². The van der Waals surface area contributed by atoms with Crippen LogP contribution >= 0.6 is 23.2 Å². The Labute approximate surface area is 161 Å². The fourth-order valence-electron chi connectivity index (χ4n) is 2.46. The Balaban J connectivity index is 2.11. The van der Waals surface area contributed by atoms with E-state index in [9.17, 15) is 13.7 Å². The minimum atomic E-state index is -3.91. The number of halogens is 2. The Morgan fingerprint density at radius 3 is 2.27 bits per heavy atom. The van der Waals surface area contributed by atoms with Gasteiger partial charge in [0.2, 0.25) is 9.84 Å². The SMILES string of the molecule is N#C/C(=C\c1cccn1-c1cc(Cl)cc(Cl)c1)S(=O)(=O)c1ccccc1. The highest BCUT2D eigenvalue weighted by atomic mass is 35.5. The number of nitriles is 1. The van der Waals surface area contributed by atoms with Crippen LogP contribution in [-0.2, 0) is 9.84 Å². The highest BCUT2D eigenvalue weighted by Crippen LogP contribution is 2.26. The first-order chi connectivity index (χ1) is 12.4. The van der Waals surface area contributed by atoms with Crippen molar-refractivity contribution in [3.63, 3.8) is 0 Å². The van der Waals surface area contributed by atoms with Crippen LogP contribution in [0.25, 0.3) is 11.8 Å². The predicted molar refractivity (Wildman–Crippen MR) is 103 cm³/mol. The average molecular weight is 403 g/mol. The maximum absolute atomic E-state index is 12.7. The summed E-state index contributed by atoms with van der Waals surface area (Å²) in [5, 5.41) is 10.3. The third-order valence-electron chi connectivity index (χ3n) is 3.64. The van der Waals surface area contributed by atoms with Gasteiger partial charge in [-0.2, -0.15) is 5.26 Å². The van der Waals surface area contributed by atoms with Gasteiger partial charge < -0.3 is 4.57 Å². The summed E-state index contributed by atoms with van der Waals surface area (Å²) in [5.74, 6) is 0. The molecule has 3 aromatic rings. The van der Waals surface area contributed by atoms with Gasteiger partial charge in [0, 0.05) is 27.6 Å². The lowest BCUT2D eigenvalue weighted by Gasteiger charge is -2.09. The first kappa shape index (κ1) is 18.3. The molecule has 7 heteroatoms. The molecule has 130 valence electrons. The Morgan fingerprint density at radius 1 is 1.00 bits per heavy atom. The van der Waals surface area contributed by atoms with Gasteiger partial charge in [-0.15, -0.1) is 0 Å². The van der Waals surface area contributed by atoms with Crippen LogP contribution in [0.3, 0.4) is 0 Å². The summed E-state index contributed by atoms with van der Waals surface area (Å²) in [7, 11) is -3.91. The van der Waals surface area contributed by atoms with Crippen LogP contribution in [0.1, 0.15) is 5.69 Å². The molecule has 0 saturated carbocycles. The Morgan fingerprint density at radius 2 is 1.65 bits per heavy atom. The van der Waals surface area contributed by atoms with Gasteiger partial charge in [-0.25, -0.2) is 8.42 Å². The molecule has 0 spiro atoms. The van der Waals surface area contributed by atoms with E-state index in [1.807, 2.05) is 0 Å². The zero-order valence-electron chi connectivity index (χ0n) is 13.3. The van der Waals surface area contributed by atoms with Crippen LogP contribution in [0.15, 0.2) is 76.7 Å². The van der Waals surface area contributed by atoms with E-state index in [-0.39, 0.29) is 9.80 Å². The third kappa shape index (κ3) is 3.68. The molecule has 0 unspecified atom stereocenters. The van der Waals surface area contributed by atoms with Gasteiger partial charge in [0.05, 0.1) is 4.90 Å². The van der Waals surface area contributed by atoms with Crippen molar-refractivity contribution < 1.29 is 8.42 Å². The average Bonchev–Trinajstić information content (AvgIpc) is 3.07. The monoisotopic (exact) mass is 402 g/mol. The first-order valence-electron chi connectivity index (χ1n) is 7.47. The van der Waals surface area contributed by atoms with E-state index in [2.05, 4.69) is 0 Å². The van der Waals surface area contributed by atoms with Crippen LogP contribution in [0, 0.1) is 11.3 Å². The second-order valence-electron chi connectivity index (χ2n) is 5.37. The summed E-state index contributed by atoms with van der Waals surface area (Å²) < 4.78 is 27.1. The normalized spacial score (nSPS) is 12.0. The summed E-state index contributed by atoms with van der Waals surface area (Å²) in [6.45, 7) is 0. The van der Waals surface area contributed by atoms with Crippen molar-refractivity contribution in [1.82, 2.24) is 4.57 Å². The van der Waals surface area contributed by atoms with Gasteiger partial charge in [0.25, 0.3) is 0 Å². The van der Waals surface area contributed by atoms with Gasteiger partial charge in [-0.1, -0.05) is 41.4 Å². The molecule has 0 aliphatic carbocycles. The quantitative estimate of drug-likeness (QED) is 0.568. The van der Waals surface area contributed by atoms with Crippen molar-refractivity contribution in [3.8, 4) is 11.8 Å². The predicted octanol–water partition coefficient (Wildman–Crippen LogP) is 5.12. The van der Waals surface area contributed by atoms with Crippen molar-refractivity contribution >= 4 is 39.1 Å². The minimum absolute atomic E-state index is 0.0664. The van der Waals surface area contributed by atoms with Crippen molar-refractivity contribution in [2.24, 2.45) is 0 Å². The van der Waals surface area contributed by atoms with E-state index in [0.717, 1.165) is 0 Å². The standard InChI is InChI=1S/C19H12Cl2N2O2S/c20-14-9-15(21)11-17(10-14)23-8-4-5-16(23)12-19(13-22)26(24,25)18-6-2-1-3-7-18/h1-12H/b19-12+. The summed E-state index contributed by atoms with van der Waals surface area (Å²) in [6, 6.07) is 18.1. The second-order valence-corrected chi connectivity index (χ2v) is 8.16. The van der Waals surface area contributed by atoms with Crippen molar-refractivity contribution in [2.75, 3.05) is 0 Å². The first-order valence-corrected chi connectivity index (χ1v) is 9.71. The smallest absolute Gasteiger partial charge is 0.216 e. The number of hydrogen-bond acceptors (Lipinski definition) is 3. The van der Waals surface area contributed by atoms with Crippen molar-refractivity contribution in [2.45, 2.75) is 4.90 Å². The molecule has 0 N–H and O–H groups in total. The van der Waals surface area contributed by atoms with Crippen LogP contribution < -0.4 is 0 Å². The van der Waals surface area contributed by atoms with E-state index in [1.165, 1.54) is 18.2 Å². The number of nitrogens with zero attached hydrogens (tertiary/aromatic N) is 2. The lowest BCUT2D eigenvalue weighted by molar-refractivity contribution is 0.603. The molecule has 0 aliphatic rings. The molecule has 0 radical (unpaired) electrons. The lowest BCUT2D eigenvalue weighted by atomic mass is 10.3. The highest BCUT2D eigenvalue weighted by Gasteiger charge is 2.21. The zero-order chi connectivity index (χ0) is 18.7. The van der Waals surface area contributed by atoms with Crippen LogP contribution in [0.2, 0.25) is 10.0 Å². The van der Waals surface area contributed by atoms with E-state index < -0.39 is 9.84 Å². The fraction of sp³-hybridized carbons (Fsp3) is 0. The number of allylic oxidation sites excluding steroid dienone is 1. The van der Waals surface area contributed by atoms with Crippen LogP contribution in [0.4, 0.5) is 0 Å². The molecule has 0 saturated heterocycles.